The summed E-state index contributed by atoms with van der Waals surface area (Å²) in [6.45, 7) is 1.59. The number of carboxylic acid groups (broad SMARTS) is 1. The van der Waals surface area contributed by atoms with Crippen LogP contribution in [0, 0.1) is 0 Å². The first-order valence-corrected chi connectivity index (χ1v) is 9.13. The molecule has 2 heterocycles. The summed E-state index contributed by atoms with van der Waals surface area (Å²) < 4.78 is 2.23. The monoisotopic (exact) mass is 356 g/mol. The van der Waals surface area contributed by atoms with Crippen molar-refractivity contribution in [3.63, 3.8) is 0 Å². The van der Waals surface area contributed by atoms with E-state index in [0.717, 1.165) is 43.0 Å². The lowest BCUT2D eigenvalue weighted by Crippen LogP contribution is -2.26. The molecule has 0 aliphatic carbocycles. The lowest BCUT2D eigenvalue weighted by Gasteiger charge is -2.08. The average molecular weight is 356 g/mol. The Bertz CT molecular complexity index is 768. The summed E-state index contributed by atoms with van der Waals surface area (Å²) in [6.07, 6.45) is 6.48. The molecule has 0 saturated carbocycles. The maximum atomic E-state index is 12.0. The number of aryl methyl sites for hydroxylation is 2. The number of carbonyl (C=O) groups is 2. The molecule has 0 spiro atoms. The predicted octanol–water partition coefficient (Wildman–Crippen LogP) is 1.99. The molecule has 0 bridgehead atoms. The lowest BCUT2D eigenvalue weighted by atomic mass is 10.1. The third-order valence-corrected chi connectivity index (χ3v) is 4.65. The zero-order valence-corrected chi connectivity index (χ0v) is 14.8. The number of nitrogens with one attached hydrogen (secondary N) is 1. The molecule has 0 atom stereocenters. The number of carboxylic acids is 1. The maximum absolute atomic E-state index is 12.0. The van der Waals surface area contributed by atoms with Crippen molar-refractivity contribution in [1.82, 2.24) is 20.1 Å². The Hall–Kier alpha value is -2.70. The van der Waals surface area contributed by atoms with Crippen LogP contribution in [-0.2, 0) is 30.6 Å². The molecule has 0 fully saturated rings. The number of aromatic nitrogens is 3. The van der Waals surface area contributed by atoms with Crippen molar-refractivity contribution >= 4 is 11.9 Å². The largest absolute Gasteiger partial charge is 0.478 e. The molecule has 2 N–H and O–H groups in total. The highest BCUT2D eigenvalue weighted by Gasteiger charge is 2.14. The van der Waals surface area contributed by atoms with Crippen molar-refractivity contribution in [3.8, 4) is 0 Å². The molecule has 26 heavy (non-hydrogen) atoms. The number of fused-ring (bicyclic) bond motifs is 1. The summed E-state index contributed by atoms with van der Waals surface area (Å²) in [5.41, 5.74) is 1.02. The molecular formula is C19H24N4O3. The van der Waals surface area contributed by atoms with Crippen LogP contribution in [0.2, 0.25) is 0 Å². The molecule has 1 aromatic heterocycles. The van der Waals surface area contributed by atoms with Gasteiger partial charge in [0.1, 0.15) is 11.6 Å². The standard InChI is InChI=1S/C19H24N4O3/c24-18(13-14-7-9-15(10-8-14)19(25)26)20-11-4-6-17-22-21-16-5-2-1-3-12-23(16)17/h7-10H,1-6,11-13H2,(H,20,24)(H,25,26). The van der Waals surface area contributed by atoms with Crippen molar-refractivity contribution in [2.75, 3.05) is 6.54 Å². The fourth-order valence-corrected chi connectivity index (χ4v) is 3.22. The quantitative estimate of drug-likeness (QED) is 0.740. The van der Waals surface area contributed by atoms with Crippen molar-refractivity contribution in [1.29, 1.82) is 0 Å². The molecule has 1 aliphatic rings. The van der Waals surface area contributed by atoms with Gasteiger partial charge in [0.2, 0.25) is 5.91 Å². The van der Waals surface area contributed by atoms with Crippen LogP contribution in [0.3, 0.4) is 0 Å². The van der Waals surface area contributed by atoms with E-state index >= 15 is 0 Å². The van der Waals surface area contributed by atoms with Gasteiger partial charge in [-0.25, -0.2) is 4.79 Å². The molecule has 3 rings (SSSR count). The Labute approximate surface area is 152 Å². The third-order valence-electron chi connectivity index (χ3n) is 4.65. The van der Waals surface area contributed by atoms with E-state index in [1.54, 1.807) is 12.1 Å². The Morgan fingerprint density at radius 1 is 1.12 bits per heavy atom. The number of hydrogen-bond donors (Lipinski definition) is 2. The second-order valence-electron chi connectivity index (χ2n) is 6.63. The molecule has 0 saturated heterocycles. The molecule has 138 valence electrons. The van der Waals surface area contributed by atoms with Crippen molar-refractivity contribution in [2.24, 2.45) is 0 Å². The van der Waals surface area contributed by atoms with Crippen molar-refractivity contribution in [2.45, 2.75) is 51.5 Å². The van der Waals surface area contributed by atoms with Gasteiger partial charge >= 0.3 is 5.97 Å². The summed E-state index contributed by atoms with van der Waals surface area (Å²) >= 11 is 0. The van der Waals surface area contributed by atoms with Gasteiger partial charge in [0.05, 0.1) is 12.0 Å². The molecule has 2 aromatic rings. The Morgan fingerprint density at radius 2 is 1.92 bits per heavy atom. The van der Waals surface area contributed by atoms with Crippen LogP contribution in [0.15, 0.2) is 24.3 Å². The summed E-state index contributed by atoms with van der Waals surface area (Å²) in [7, 11) is 0. The van der Waals surface area contributed by atoms with E-state index < -0.39 is 5.97 Å². The Morgan fingerprint density at radius 3 is 2.69 bits per heavy atom. The van der Waals surface area contributed by atoms with Gasteiger partial charge in [-0.05, 0) is 37.0 Å². The summed E-state index contributed by atoms with van der Waals surface area (Å²) in [6, 6.07) is 6.38. The van der Waals surface area contributed by atoms with E-state index in [1.807, 2.05) is 0 Å². The van der Waals surface area contributed by atoms with E-state index in [2.05, 4.69) is 20.1 Å². The minimum absolute atomic E-state index is 0.0619. The van der Waals surface area contributed by atoms with Crippen LogP contribution in [-0.4, -0.2) is 38.3 Å². The van der Waals surface area contributed by atoms with Gasteiger partial charge in [-0.2, -0.15) is 0 Å². The highest BCUT2D eigenvalue weighted by molar-refractivity contribution is 5.87. The number of amides is 1. The fraction of sp³-hybridized carbons (Fsp3) is 0.474. The number of rotatable bonds is 7. The molecule has 1 aromatic carbocycles. The highest BCUT2D eigenvalue weighted by atomic mass is 16.4. The van der Waals surface area contributed by atoms with Gasteiger partial charge in [0.25, 0.3) is 0 Å². The number of benzene rings is 1. The third kappa shape index (κ3) is 4.68. The van der Waals surface area contributed by atoms with Crippen LogP contribution < -0.4 is 5.32 Å². The van der Waals surface area contributed by atoms with E-state index in [1.165, 1.54) is 31.4 Å². The zero-order valence-electron chi connectivity index (χ0n) is 14.8. The predicted molar refractivity (Wildman–Crippen MR) is 96.0 cm³/mol. The van der Waals surface area contributed by atoms with Crippen LogP contribution in [0.1, 0.15) is 53.3 Å². The first-order valence-electron chi connectivity index (χ1n) is 9.13. The number of hydrogen-bond acceptors (Lipinski definition) is 4. The van der Waals surface area contributed by atoms with Gasteiger partial charge in [-0.3, -0.25) is 4.79 Å². The van der Waals surface area contributed by atoms with Gasteiger partial charge in [-0.15, -0.1) is 10.2 Å². The molecule has 0 unspecified atom stereocenters. The highest BCUT2D eigenvalue weighted by Crippen LogP contribution is 2.15. The van der Waals surface area contributed by atoms with E-state index in [9.17, 15) is 9.59 Å². The second kappa shape index (κ2) is 8.60. The first-order chi connectivity index (χ1) is 12.6. The molecule has 1 amide bonds. The number of carbonyl (C=O) groups excluding carboxylic acids is 1. The van der Waals surface area contributed by atoms with Gasteiger partial charge in [0, 0.05) is 25.9 Å². The summed E-state index contributed by atoms with van der Waals surface area (Å²) in [4.78, 5) is 22.8. The SMILES string of the molecule is O=C(Cc1ccc(C(=O)O)cc1)NCCCc1nnc2n1CCCCC2. The smallest absolute Gasteiger partial charge is 0.335 e. The van der Waals surface area contributed by atoms with E-state index in [0.29, 0.717) is 6.54 Å². The molecule has 7 nitrogen and oxygen atoms in total. The average Bonchev–Trinajstić information content (AvgIpc) is 2.85. The minimum Gasteiger partial charge on any atom is -0.478 e. The summed E-state index contributed by atoms with van der Waals surface area (Å²) in [5.74, 6) is 1.08. The lowest BCUT2D eigenvalue weighted by molar-refractivity contribution is -0.120. The maximum Gasteiger partial charge on any atom is 0.335 e. The molecule has 0 radical (unpaired) electrons. The Balaban J connectivity index is 1.41. The topological polar surface area (TPSA) is 97.1 Å². The number of nitrogens with zero attached hydrogens (tertiary/aromatic N) is 3. The zero-order chi connectivity index (χ0) is 18.4. The first kappa shape index (κ1) is 18.1. The van der Waals surface area contributed by atoms with E-state index in [4.69, 9.17) is 5.11 Å². The van der Waals surface area contributed by atoms with Crippen molar-refractivity contribution < 1.29 is 14.7 Å². The van der Waals surface area contributed by atoms with Crippen molar-refractivity contribution in [3.05, 3.63) is 47.0 Å². The van der Waals surface area contributed by atoms with Crippen LogP contribution in [0.4, 0.5) is 0 Å². The van der Waals surface area contributed by atoms with E-state index in [-0.39, 0.29) is 17.9 Å². The molecule has 7 heteroatoms. The molecular weight excluding hydrogens is 332 g/mol. The Kier molecular flexibility index (Phi) is 5.99. The normalized spacial score (nSPS) is 13.7. The minimum atomic E-state index is -0.965. The number of aromatic carboxylic acids is 1. The van der Waals surface area contributed by atoms with Gasteiger partial charge in [0.15, 0.2) is 0 Å². The fourth-order valence-electron chi connectivity index (χ4n) is 3.22. The summed E-state index contributed by atoms with van der Waals surface area (Å²) in [5, 5.41) is 20.4. The van der Waals surface area contributed by atoms with Crippen LogP contribution in [0.25, 0.3) is 0 Å². The second-order valence-corrected chi connectivity index (χ2v) is 6.63. The van der Waals surface area contributed by atoms with Gasteiger partial charge in [-0.1, -0.05) is 18.6 Å². The van der Waals surface area contributed by atoms with Crippen LogP contribution >= 0.6 is 0 Å². The van der Waals surface area contributed by atoms with Gasteiger partial charge < -0.3 is 15.0 Å². The molecule has 1 aliphatic heterocycles. The van der Waals surface area contributed by atoms with Crippen LogP contribution in [0.5, 0.6) is 0 Å².